The van der Waals surface area contributed by atoms with Gasteiger partial charge in [-0.1, -0.05) is 32.0 Å². The quantitative estimate of drug-likeness (QED) is 0.784. The van der Waals surface area contributed by atoms with Crippen molar-refractivity contribution in [3.63, 3.8) is 0 Å². The molecule has 0 heterocycles. The van der Waals surface area contributed by atoms with Gasteiger partial charge in [0.05, 0.1) is 0 Å². The average molecular weight is 247 g/mol. The van der Waals surface area contributed by atoms with Gasteiger partial charge in [-0.15, -0.1) is 0 Å². The third kappa shape index (κ3) is 4.62. The molecule has 3 nitrogen and oxygen atoms in total. The van der Waals surface area contributed by atoms with Crippen molar-refractivity contribution in [2.75, 3.05) is 18.5 Å². The van der Waals surface area contributed by atoms with E-state index in [1.807, 2.05) is 31.3 Å². The summed E-state index contributed by atoms with van der Waals surface area (Å²) in [4.78, 5) is 12.7. The largest absolute Gasteiger partial charge is 0.478 e. The monoisotopic (exact) mass is 247 g/mol. The normalized spacial score (nSPS) is 11.1. The van der Waals surface area contributed by atoms with Crippen LogP contribution < -0.4 is 4.90 Å². The molecule has 0 radical (unpaired) electrons. The molecular weight excluding hydrogens is 226 g/mol. The summed E-state index contributed by atoms with van der Waals surface area (Å²) in [5, 5.41) is 8.68. The molecule has 3 heteroatoms. The molecule has 0 amide bonds. The van der Waals surface area contributed by atoms with Gasteiger partial charge in [0.2, 0.25) is 0 Å². The van der Waals surface area contributed by atoms with E-state index in [-0.39, 0.29) is 0 Å². The number of carbonyl (C=O) groups is 1. The van der Waals surface area contributed by atoms with E-state index in [2.05, 4.69) is 18.7 Å². The van der Waals surface area contributed by atoms with Crippen molar-refractivity contribution in [2.24, 2.45) is 5.92 Å². The number of hydrogen-bond acceptors (Lipinski definition) is 2. The second-order valence-corrected chi connectivity index (χ2v) is 4.83. The number of anilines is 1. The van der Waals surface area contributed by atoms with Crippen LogP contribution in [0.25, 0.3) is 6.08 Å². The fraction of sp³-hybridized carbons (Fsp3) is 0.400. The number of nitrogens with zero attached hydrogens (tertiary/aromatic N) is 1. The molecule has 0 unspecified atom stereocenters. The molecule has 0 bridgehead atoms. The van der Waals surface area contributed by atoms with Crippen molar-refractivity contribution in [1.82, 2.24) is 0 Å². The summed E-state index contributed by atoms with van der Waals surface area (Å²) in [6.45, 7) is 5.36. The van der Waals surface area contributed by atoms with E-state index in [0.717, 1.165) is 24.2 Å². The maximum absolute atomic E-state index is 10.6. The third-order valence-electron chi connectivity index (χ3n) is 2.80. The van der Waals surface area contributed by atoms with Gasteiger partial charge in [0.15, 0.2) is 0 Å². The van der Waals surface area contributed by atoms with Crippen LogP contribution in [-0.4, -0.2) is 24.7 Å². The fourth-order valence-electron chi connectivity index (χ4n) is 1.71. The van der Waals surface area contributed by atoms with Gasteiger partial charge in [-0.2, -0.15) is 0 Å². The van der Waals surface area contributed by atoms with E-state index in [9.17, 15) is 4.79 Å². The Labute approximate surface area is 109 Å². The third-order valence-corrected chi connectivity index (χ3v) is 2.80. The lowest BCUT2D eigenvalue weighted by molar-refractivity contribution is -0.131. The van der Waals surface area contributed by atoms with Gasteiger partial charge in [0, 0.05) is 25.4 Å². The Morgan fingerprint density at radius 1 is 1.39 bits per heavy atom. The van der Waals surface area contributed by atoms with Crippen LogP contribution in [0.5, 0.6) is 0 Å². The van der Waals surface area contributed by atoms with Gasteiger partial charge in [-0.05, 0) is 30.0 Å². The Kier molecular flexibility index (Phi) is 5.43. The molecule has 0 aromatic heterocycles. The number of carboxylic acid groups (broad SMARTS) is 1. The number of hydrogen-bond donors (Lipinski definition) is 1. The topological polar surface area (TPSA) is 40.5 Å². The first-order valence-electron chi connectivity index (χ1n) is 6.22. The maximum atomic E-state index is 10.6. The number of carboxylic acids is 1. The number of aliphatic carboxylic acids is 1. The van der Waals surface area contributed by atoms with E-state index in [4.69, 9.17) is 5.11 Å². The summed E-state index contributed by atoms with van der Waals surface area (Å²) < 4.78 is 0. The zero-order valence-corrected chi connectivity index (χ0v) is 11.3. The summed E-state index contributed by atoms with van der Waals surface area (Å²) in [6, 6.07) is 7.84. The highest BCUT2D eigenvalue weighted by Crippen LogP contribution is 2.21. The van der Waals surface area contributed by atoms with Crippen LogP contribution in [0.15, 0.2) is 30.3 Å². The van der Waals surface area contributed by atoms with Crippen LogP contribution >= 0.6 is 0 Å². The Hall–Kier alpha value is -1.77. The van der Waals surface area contributed by atoms with E-state index in [1.54, 1.807) is 6.08 Å². The molecule has 0 saturated carbocycles. The highest BCUT2D eigenvalue weighted by Gasteiger charge is 2.05. The van der Waals surface area contributed by atoms with E-state index >= 15 is 0 Å². The molecule has 0 aliphatic carbocycles. The minimum absolute atomic E-state index is 0.661. The summed E-state index contributed by atoms with van der Waals surface area (Å²) in [5.74, 6) is -0.260. The Morgan fingerprint density at radius 2 is 2.06 bits per heavy atom. The zero-order chi connectivity index (χ0) is 13.5. The van der Waals surface area contributed by atoms with E-state index < -0.39 is 5.97 Å². The summed E-state index contributed by atoms with van der Waals surface area (Å²) in [6.07, 6.45) is 3.94. The van der Waals surface area contributed by atoms with Crippen molar-refractivity contribution in [1.29, 1.82) is 0 Å². The molecule has 98 valence electrons. The first kappa shape index (κ1) is 14.3. The minimum atomic E-state index is -0.922. The SMILES string of the molecule is CC(C)CCN(C)c1ccccc1C=CC(=O)O. The Morgan fingerprint density at radius 3 is 2.67 bits per heavy atom. The van der Waals surface area contributed by atoms with Gasteiger partial charge < -0.3 is 10.0 Å². The molecule has 0 spiro atoms. The van der Waals surface area contributed by atoms with Crippen LogP contribution in [0.3, 0.4) is 0 Å². The molecule has 1 aromatic carbocycles. The van der Waals surface area contributed by atoms with E-state index in [1.165, 1.54) is 6.08 Å². The second-order valence-electron chi connectivity index (χ2n) is 4.83. The van der Waals surface area contributed by atoms with Crippen molar-refractivity contribution < 1.29 is 9.90 Å². The molecule has 1 N–H and O–H groups in total. The van der Waals surface area contributed by atoms with Crippen LogP contribution in [0.4, 0.5) is 5.69 Å². The van der Waals surface area contributed by atoms with Crippen molar-refractivity contribution in [3.05, 3.63) is 35.9 Å². The maximum Gasteiger partial charge on any atom is 0.328 e. The number of para-hydroxylation sites is 1. The molecule has 18 heavy (non-hydrogen) atoms. The van der Waals surface area contributed by atoms with Gasteiger partial charge in [-0.25, -0.2) is 4.79 Å². The lowest BCUT2D eigenvalue weighted by atomic mass is 10.1. The smallest absolute Gasteiger partial charge is 0.328 e. The molecule has 0 atom stereocenters. The molecule has 0 fully saturated rings. The predicted molar refractivity (Wildman–Crippen MR) is 75.8 cm³/mol. The molecule has 1 aromatic rings. The van der Waals surface area contributed by atoms with Gasteiger partial charge in [-0.3, -0.25) is 0 Å². The first-order valence-corrected chi connectivity index (χ1v) is 6.22. The summed E-state index contributed by atoms with van der Waals surface area (Å²) >= 11 is 0. The molecule has 0 aliphatic heterocycles. The van der Waals surface area contributed by atoms with Gasteiger partial charge in [0.25, 0.3) is 0 Å². The Bertz CT molecular complexity index is 424. The number of rotatable bonds is 6. The highest BCUT2D eigenvalue weighted by molar-refractivity contribution is 5.86. The molecule has 0 aliphatic rings. The fourth-order valence-corrected chi connectivity index (χ4v) is 1.71. The Balaban J connectivity index is 2.84. The standard InChI is InChI=1S/C15H21NO2/c1-12(2)10-11-16(3)14-7-5-4-6-13(14)8-9-15(17)18/h4-9,12H,10-11H2,1-3H3,(H,17,18). The first-order chi connectivity index (χ1) is 8.50. The summed E-state index contributed by atoms with van der Waals surface area (Å²) in [5.41, 5.74) is 2.00. The predicted octanol–water partition coefficient (Wildman–Crippen LogP) is 3.27. The molecule has 1 rings (SSSR count). The van der Waals surface area contributed by atoms with Crippen LogP contribution in [0.2, 0.25) is 0 Å². The van der Waals surface area contributed by atoms with Gasteiger partial charge >= 0.3 is 5.97 Å². The van der Waals surface area contributed by atoms with E-state index in [0.29, 0.717) is 5.92 Å². The minimum Gasteiger partial charge on any atom is -0.478 e. The molecule has 0 saturated heterocycles. The highest BCUT2D eigenvalue weighted by atomic mass is 16.4. The number of benzene rings is 1. The van der Waals surface area contributed by atoms with Crippen molar-refractivity contribution in [2.45, 2.75) is 20.3 Å². The zero-order valence-electron chi connectivity index (χ0n) is 11.3. The lowest BCUT2D eigenvalue weighted by Crippen LogP contribution is -2.20. The second kappa shape index (κ2) is 6.84. The van der Waals surface area contributed by atoms with Crippen LogP contribution in [-0.2, 0) is 4.79 Å². The molecular formula is C15H21NO2. The van der Waals surface area contributed by atoms with Crippen LogP contribution in [0, 0.1) is 5.92 Å². The van der Waals surface area contributed by atoms with Crippen molar-refractivity contribution in [3.8, 4) is 0 Å². The van der Waals surface area contributed by atoms with Crippen molar-refractivity contribution >= 4 is 17.7 Å². The average Bonchev–Trinajstić information content (AvgIpc) is 2.33. The summed E-state index contributed by atoms with van der Waals surface area (Å²) in [7, 11) is 2.04. The van der Waals surface area contributed by atoms with Gasteiger partial charge in [0.1, 0.15) is 0 Å². The lowest BCUT2D eigenvalue weighted by Gasteiger charge is -2.22. The van der Waals surface area contributed by atoms with Crippen LogP contribution in [0.1, 0.15) is 25.8 Å².